The summed E-state index contributed by atoms with van der Waals surface area (Å²) in [4.78, 5) is 0.347. The van der Waals surface area contributed by atoms with Crippen molar-refractivity contribution in [3.8, 4) is 0 Å². The summed E-state index contributed by atoms with van der Waals surface area (Å²) < 4.78 is 5.20. The third-order valence-electron chi connectivity index (χ3n) is 1.75. The molecule has 0 fully saturated rings. The van der Waals surface area contributed by atoms with Crippen molar-refractivity contribution < 1.29 is 4.42 Å². The maximum atomic E-state index is 5.20. The molecule has 1 aromatic rings. The highest BCUT2D eigenvalue weighted by Crippen LogP contribution is 2.15. The quantitative estimate of drug-likeness (QED) is 0.700. The van der Waals surface area contributed by atoms with Gasteiger partial charge in [-0.25, -0.2) is 5.10 Å². The summed E-state index contributed by atoms with van der Waals surface area (Å²) in [6, 6.07) is 0. The number of hydrogen-bond donors (Lipinski definition) is 2. The summed E-state index contributed by atoms with van der Waals surface area (Å²) in [7, 11) is 1.91. The van der Waals surface area contributed by atoms with Crippen LogP contribution >= 0.6 is 12.2 Å². The summed E-state index contributed by atoms with van der Waals surface area (Å²) in [5.74, 6) is 1.000. The van der Waals surface area contributed by atoms with E-state index in [0.717, 1.165) is 13.0 Å². The Bertz CT molecular complexity index is 280. The highest BCUT2D eigenvalue weighted by Gasteiger charge is 2.13. The van der Waals surface area contributed by atoms with Gasteiger partial charge in [0.1, 0.15) is 0 Å². The summed E-state index contributed by atoms with van der Waals surface area (Å²) >= 11 is 4.78. The van der Waals surface area contributed by atoms with Gasteiger partial charge in [0.15, 0.2) is 0 Å². The van der Waals surface area contributed by atoms with Gasteiger partial charge >= 0.3 is 0 Å². The molecule has 0 radical (unpaired) electrons. The van der Waals surface area contributed by atoms with Crippen molar-refractivity contribution >= 4 is 12.2 Å². The standard InChI is InChI=1S/C7H13N3OS/c1-3-5(4-8-2)6-9-10-7(12)11-6/h5,8H,3-4H2,1-2H3,(H,10,12). The van der Waals surface area contributed by atoms with Gasteiger partial charge in [0, 0.05) is 12.5 Å². The number of rotatable bonds is 4. The fourth-order valence-electron chi connectivity index (χ4n) is 1.07. The van der Waals surface area contributed by atoms with E-state index in [1.54, 1.807) is 0 Å². The van der Waals surface area contributed by atoms with E-state index >= 15 is 0 Å². The number of aromatic nitrogens is 2. The fraction of sp³-hybridized carbons (Fsp3) is 0.714. The molecule has 0 aliphatic carbocycles. The molecule has 5 heteroatoms. The third kappa shape index (κ3) is 2.15. The van der Waals surface area contributed by atoms with Gasteiger partial charge in [-0.05, 0) is 25.7 Å². The first-order valence-electron chi connectivity index (χ1n) is 3.98. The lowest BCUT2D eigenvalue weighted by Gasteiger charge is -2.07. The van der Waals surface area contributed by atoms with Crippen molar-refractivity contribution in [2.75, 3.05) is 13.6 Å². The lowest BCUT2D eigenvalue weighted by molar-refractivity contribution is 0.421. The molecule has 12 heavy (non-hydrogen) atoms. The van der Waals surface area contributed by atoms with Crippen LogP contribution in [-0.2, 0) is 0 Å². The van der Waals surface area contributed by atoms with E-state index in [-0.39, 0.29) is 0 Å². The first kappa shape index (κ1) is 9.41. The molecular weight excluding hydrogens is 174 g/mol. The number of nitrogens with one attached hydrogen (secondary N) is 2. The van der Waals surface area contributed by atoms with Gasteiger partial charge in [0.05, 0.1) is 0 Å². The second-order valence-corrected chi connectivity index (χ2v) is 2.99. The smallest absolute Gasteiger partial charge is 0.284 e. The minimum atomic E-state index is 0.308. The van der Waals surface area contributed by atoms with Crippen LogP contribution in [0.5, 0.6) is 0 Å². The molecule has 0 saturated carbocycles. The molecule has 1 aromatic heterocycles. The Morgan fingerprint density at radius 2 is 2.50 bits per heavy atom. The minimum absolute atomic E-state index is 0.308. The number of hydrogen-bond acceptors (Lipinski definition) is 4. The van der Waals surface area contributed by atoms with E-state index in [2.05, 4.69) is 22.4 Å². The third-order valence-corrected chi connectivity index (χ3v) is 1.92. The van der Waals surface area contributed by atoms with E-state index in [9.17, 15) is 0 Å². The van der Waals surface area contributed by atoms with Crippen LogP contribution in [0, 0.1) is 4.84 Å². The van der Waals surface area contributed by atoms with Gasteiger partial charge in [-0.3, -0.25) is 0 Å². The summed E-state index contributed by atoms with van der Waals surface area (Å²) in [5, 5.41) is 9.66. The summed E-state index contributed by atoms with van der Waals surface area (Å²) in [6.45, 7) is 2.95. The van der Waals surface area contributed by atoms with Gasteiger partial charge in [-0.2, -0.15) is 0 Å². The molecule has 0 aromatic carbocycles. The van der Waals surface area contributed by atoms with Crippen LogP contribution in [0.1, 0.15) is 25.2 Å². The molecule has 1 atom stereocenters. The van der Waals surface area contributed by atoms with E-state index in [4.69, 9.17) is 16.6 Å². The van der Waals surface area contributed by atoms with Gasteiger partial charge in [0.25, 0.3) is 4.84 Å². The van der Waals surface area contributed by atoms with Crippen molar-refractivity contribution in [3.63, 3.8) is 0 Å². The van der Waals surface area contributed by atoms with Gasteiger partial charge < -0.3 is 9.73 Å². The second kappa shape index (κ2) is 4.37. The number of aromatic amines is 1. The molecule has 0 bridgehead atoms. The normalized spacial score (nSPS) is 13.2. The molecular formula is C7H13N3OS. The first-order chi connectivity index (χ1) is 5.77. The highest BCUT2D eigenvalue weighted by atomic mass is 32.1. The predicted octanol–water partition coefficient (Wildman–Crippen LogP) is 1.45. The Labute approximate surface area is 76.4 Å². The lowest BCUT2D eigenvalue weighted by atomic mass is 10.1. The van der Waals surface area contributed by atoms with Crippen molar-refractivity contribution in [2.45, 2.75) is 19.3 Å². The van der Waals surface area contributed by atoms with E-state index in [1.807, 2.05) is 7.05 Å². The Morgan fingerprint density at radius 1 is 1.75 bits per heavy atom. The average molecular weight is 187 g/mol. The number of nitrogens with zero attached hydrogens (tertiary/aromatic N) is 1. The lowest BCUT2D eigenvalue weighted by Crippen LogP contribution is -2.16. The van der Waals surface area contributed by atoms with Crippen LogP contribution in [0.15, 0.2) is 4.42 Å². The Balaban J connectivity index is 2.72. The van der Waals surface area contributed by atoms with Gasteiger partial charge in [0.2, 0.25) is 5.89 Å². The molecule has 1 unspecified atom stereocenters. The first-order valence-corrected chi connectivity index (χ1v) is 4.38. The van der Waals surface area contributed by atoms with Crippen LogP contribution in [-0.4, -0.2) is 23.8 Å². The van der Waals surface area contributed by atoms with Crippen molar-refractivity contribution in [1.82, 2.24) is 15.5 Å². The zero-order valence-corrected chi connectivity index (χ0v) is 8.07. The summed E-state index contributed by atoms with van der Waals surface area (Å²) in [6.07, 6.45) is 0.990. The van der Waals surface area contributed by atoms with Crippen LogP contribution in [0.2, 0.25) is 0 Å². The van der Waals surface area contributed by atoms with Crippen LogP contribution in [0.25, 0.3) is 0 Å². The van der Waals surface area contributed by atoms with E-state index < -0.39 is 0 Å². The van der Waals surface area contributed by atoms with Crippen LogP contribution in [0.4, 0.5) is 0 Å². The van der Waals surface area contributed by atoms with Crippen molar-refractivity contribution in [1.29, 1.82) is 0 Å². The topological polar surface area (TPSA) is 53.9 Å². The zero-order valence-electron chi connectivity index (χ0n) is 7.26. The summed E-state index contributed by atoms with van der Waals surface area (Å²) in [5.41, 5.74) is 0. The monoisotopic (exact) mass is 187 g/mol. The fourth-order valence-corrected chi connectivity index (χ4v) is 1.20. The van der Waals surface area contributed by atoms with Crippen molar-refractivity contribution in [2.24, 2.45) is 0 Å². The molecule has 1 heterocycles. The number of H-pyrrole nitrogens is 1. The molecule has 0 aliphatic rings. The molecule has 0 spiro atoms. The predicted molar refractivity (Wildman–Crippen MR) is 48.6 cm³/mol. The number of likely N-dealkylation sites (N-methyl/N-ethyl adjacent to an activating group) is 1. The van der Waals surface area contributed by atoms with E-state index in [0.29, 0.717) is 16.6 Å². The molecule has 0 aliphatic heterocycles. The van der Waals surface area contributed by atoms with Gasteiger partial charge in [-0.1, -0.05) is 6.92 Å². The largest absolute Gasteiger partial charge is 0.414 e. The molecule has 0 amide bonds. The maximum Gasteiger partial charge on any atom is 0.284 e. The Morgan fingerprint density at radius 3 is 2.92 bits per heavy atom. The molecule has 2 N–H and O–H groups in total. The van der Waals surface area contributed by atoms with Crippen LogP contribution < -0.4 is 5.32 Å². The Hall–Kier alpha value is -0.680. The van der Waals surface area contributed by atoms with Crippen LogP contribution in [0.3, 0.4) is 0 Å². The van der Waals surface area contributed by atoms with E-state index in [1.165, 1.54) is 0 Å². The van der Waals surface area contributed by atoms with Gasteiger partial charge in [-0.15, -0.1) is 5.10 Å². The molecule has 68 valence electrons. The highest BCUT2D eigenvalue weighted by molar-refractivity contribution is 7.71. The SMILES string of the molecule is CCC(CNC)c1n[nH]c(=S)o1. The minimum Gasteiger partial charge on any atom is -0.414 e. The molecule has 1 rings (SSSR count). The second-order valence-electron chi connectivity index (χ2n) is 2.61. The van der Waals surface area contributed by atoms with Crippen molar-refractivity contribution in [3.05, 3.63) is 10.7 Å². The maximum absolute atomic E-state index is 5.20. The zero-order chi connectivity index (χ0) is 8.97. The Kier molecular flexibility index (Phi) is 3.43. The molecule has 0 saturated heterocycles. The average Bonchev–Trinajstić information content (AvgIpc) is 2.47. The molecule has 4 nitrogen and oxygen atoms in total.